The fourth-order valence-electron chi connectivity index (χ4n) is 5.07. The zero-order chi connectivity index (χ0) is 34.3. The largest absolute Gasteiger partial charge is 0.444 e. The van der Waals surface area contributed by atoms with Gasteiger partial charge in [-0.1, -0.05) is 0 Å². The molecule has 0 bridgehead atoms. The van der Waals surface area contributed by atoms with Crippen molar-refractivity contribution in [2.24, 2.45) is 7.05 Å². The normalized spacial score (nSPS) is 13.9. The number of aryl methyl sites for hydroxylation is 1. The first-order chi connectivity index (χ1) is 22.0. The van der Waals surface area contributed by atoms with Crippen LogP contribution in [0.4, 0.5) is 28.0 Å². The second-order valence-corrected chi connectivity index (χ2v) is 12.1. The van der Waals surface area contributed by atoms with Gasteiger partial charge in [-0.05, 0) is 63.2 Å². The van der Waals surface area contributed by atoms with E-state index in [9.17, 15) is 31.9 Å². The van der Waals surface area contributed by atoms with Crippen LogP contribution < -0.4 is 9.64 Å². The quantitative estimate of drug-likeness (QED) is 0.228. The summed E-state index contributed by atoms with van der Waals surface area (Å²) >= 11 is 0. The van der Waals surface area contributed by atoms with Gasteiger partial charge in [-0.15, -0.1) is 0 Å². The second kappa shape index (κ2) is 12.6. The minimum Gasteiger partial charge on any atom is -0.444 e. The molecule has 0 spiro atoms. The van der Waals surface area contributed by atoms with E-state index in [1.807, 2.05) is 0 Å². The van der Waals surface area contributed by atoms with E-state index in [2.05, 4.69) is 4.98 Å². The molecule has 248 valence electrons. The van der Waals surface area contributed by atoms with Crippen LogP contribution in [0.3, 0.4) is 0 Å². The number of hydrogen-bond donors (Lipinski definition) is 0. The van der Waals surface area contributed by atoms with E-state index in [4.69, 9.17) is 9.47 Å². The monoisotopic (exact) mass is 655 g/mol. The summed E-state index contributed by atoms with van der Waals surface area (Å²) in [5.41, 5.74) is -0.841. The van der Waals surface area contributed by atoms with Crippen LogP contribution in [-0.4, -0.2) is 76.1 Å². The topological polar surface area (TPSA) is 97.2 Å². The van der Waals surface area contributed by atoms with Crippen molar-refractivity contribution < 1.29 is 41.4 Å². The van der Waals surface area contributed by atoms with E-state index in [0.717, 1.165) is 21.9 Å². The number of halogens is 4. The van der Waals surface area contributed by atoms with Crippen molar-refractivity contribution in [1.82, 2.24) is 19.4 Å². The first-order valence-electron chi connectivity index (χ1n) is 14.7. The van der Waals surface area contributed by atoms with Crippen LogP contribution >= 0.6 is 0 Å². The van der Waals surface area contributed by atoms with Gasteiger partial charge in [0, 0.05) is 57.8 Å². The van der Waals surface area contributed by atoms with Crippen molar-refractivity contribution in [2.75, 3.05) is 38.1 Å². The molecule has 2 aromatic heterocycles. The Morgan fingerprint density at radius 1 is 0.894 bits per heavy atom. The zero-order valence-electron chi connectivity index (χ0n) is 26.4. The van der Waals surface area contributed by atoms with Crippen LogP contribution in [0.1, 0.15) is 47.2 Å². The summed E-state index contributed by atoms with van der Waals surface area (Å²) in [6.45, 7) is 6.88. The van der Waals surface area contributed by atoms with Crippen molar-refractivity contribution in [3.05, 3.63) is 83.4 Å². The smallest absolute Gasteiger partial charge is 0.416 e. The third-order valence-electron chi connectivity index (χ3n) is 7.62. The minimum absolute atomic E-state index is 0.165. The number of carbonyl (C=O) groups is 3. The molecule has 1 fully saturated rings. The molecule has 0 unspecified atom stereocenters. The molecule has 47 heavy (non-hydrogen) atoms. The van der Waals surface area contributed by atoms with Gasteiger partial charge in [0.1, 0.15) is 22.9 Å². The summed E-state index contributed by atoms with van der Waals surface area (Å²) in [6, 6.07) is 11.8. The summed E-state index contributed by atoms with van der Waals surface area (Å²) < 4.78 is 66.1. The molecule has 1 aliphatic rings. The van der Waals surface area contributed by atoms with E-state index in [-0.39, 0.29) is 23.5 Å². The average Bonchev–Trinajstić information content (AvgIpc) is 3.34. The Hall–Kier alpha value is -5.14. The molecule has 3 heterocycles. The van der Waals surface area contributed by atoms with Crippen LogP contribution in [0, 0.1) is 5.82 Å². The highest BCUT2D eigenvalue weighted by Crippen LogP contribution is 2.31. The predicted molar refractivity (Wildman–Crippen MR) is 165 cm³/mol. The number of nitrogens with zero attached hydrogens (tertiary/aromatic N) is 5. The number of hydrogen-bond acceptors (Lipinski definition) is 6. The van der Waals surface area contributed by atoms with Crippen molar-refractivity contribution in [3.8, 4) is 11.6 Å². The van der Waals surface area contributed by atoms with E-state index >= 15 is 0 Å². The Balaban J connectivity index is 1.24. The van der Waals surface area contributed by atoms with Gasteiger partial charge < -0.3 is 28.7 Å². The predicted octanol–water partition coefficient (Wildman–Crippen LogP) is 6.49. The van der Waals surface area contributed by atoms with Crippen LogP contribution in [0.2, 0.25) is 0 Å². The molecule has 3 amide bonds. The maximum Gasteiger partial charge on any atom is 0.416 e. The van der Waals surface area contributed by atoms with Crippen molar-refractivity contribution in [1.29, 1.82) is 0 Å². The third kappa shape index (κ3) is 7.31. The highest BCUT2D eigenvalue weighted by atomic mass is 19.4. The lowest BCUT2D eigenvalue weighted by Gasteiger charge is -2.35. The van der Waals surface area contributed by atoms with Gasteiger partial charge in [0.15, 0.2) is 0 Å². The Morgan fingerprint density at radius 3 is 2.17 bits per heavy atom. The Bertz CT molecular complexity index is 1820. The Morgan fingerprint density at radius 2 is 1.57 bits per heavy atom. The van der Waals surface area contributed by atoms with Gasteiger partial charge in [0.05, 0.1) is 28.5 Å². The molecule has 14 heteroatoms. The fourth-order valence-corrected chi connectivity index (χ4v) is 5.07. The van der Waals surface area contributed by atoms with E-state index in [1.165, 1.54) is 25.4 Å². The van der Waals surface area contributed by atoms with Gasteiger partial charge in [-0.25, -0.2) is 14.2 Å². The highest BCUT2D eigenvalue weighted by Gasteiger charge is 2.32. The summed E-state index contributed by atoms with van der Waals surface area (Å²) in [5, 5.41) is 0.814. The first kappa shape index (κ1) is 33.2. The lowest BCUT2D eigenvalue weighted by atomic mass is 10.1. The minimum atomic E-state index is -4.74. The Labute approximate surface area is 268 Å². The molecule has 0 aliphatic carbocycles. The summed E-state index contributed by atoms with van der Waals surface area (Å²) in [5.74, 6) is -1.69. The lowest BCUT2D eigenvalue weighted by Crippen LogP contribution is -2.51. The molecule has 0 atom stereocenters. The molecule has 1 saturated heterocycles. The molecule has 5 rings (SSSR count). The lowest BCUT2D eigenvalue weighted by molar-refractivity contribution is -0.137. The Kier molecular flexibility index (Phi) is 8.89. The first-order valence-corrected chi connectivity index (χ1v) is 14.7. The maximum atomic E-state index is 14.4. The molecule has 10 nitrogen and oxygen atoms in total. The van der Waals surface area contributed by atoms with Gasteiger partial charge in [-0.2, -0.15) is 13.2 Å². The van der Waals surface area contributed by atoms with Crippen molar-refractivity contribution in [2.45, 2.75) is 32.5 Å². The van der Waals surface area contributed by atoms with Gasteiger partial charge in [-0.3, -0.25) is 9.59 Å². The average molecular weight is 656 g/mol. The maximum absolute atomic E-state index is 14.4. The number of pyridine rings is 1. The molecule has 1 aliphatic heterocycles. The molecule has 2 aromatic carbocycles. The zero-order valence-corrected chi connectivity index (χ0v) is 26.4. The number of ether oxygens (including phenoxy) is 2. The summed E-state index contributed by atoms with van der Waals surface area (Å²) in [4.78, 5) is 47.2. The van der Waals surface area contributed by atoms with Crippen LogP contribution in [0.5, 0.6) is 11.6 Å². The molecule has 0 radical (unpaired) electrons. The summed E-state index contributed by atoms with van der Waals surface area (Å²) in [6.07, 6.45) is -3.82. The molecule has 0 N–H and O–H groups in total. The van der Waals surface area contributed by atoms with Crippen LogP contribution in [0.25, 0.3) is 10.9 Å². The highest BCUT2D eigenvalue weighted by molar-refractivity contribution is 6.06. The number of aromatic nitrogens is 2. The molecule has 0 saturated carbocycles. The van der Waals surface area contributed by atoms with E-state index < -0.39 is 40.7 Å². The third-order valence-corrected chi connectivity index (χ3v) is 7.62. The number of fused-ring (bicyclic) bond motifs is 1. The van der Waals surface area contributed by atoms with Crippen LogP contribution in [0.15, 0.2) is 60.8 Å². The van der Waals surface area contributed by atoms with Gasteiger partial charge >= 0.3 is 12.3 Å². The van der Waals surface area contributed by atoms with Gasteiger partial charge in [0.25, 0.3) is 11.8 Å². The number of carbonyl (C=O) groups excluding carboxylic acids is 3. The van der Waals surface area contributed by atoms with Crippen LogP contribution in [-0.2, 0) is 18.0 Å². The van der Waals surface area contributed by atoms with Crippen molar-refractivity contribution >= 4 is 34.5 Å². The van der Waals surface area contributed by atoms with Crippen molar-refractivity contribution in [3.63, 3.8) is 0 Å². The van der Waals surface area contributed by atoms with E-state index in [1.54, 1.807) is 66.5 Å². The number of amides is 3. The number of alkyl halides is 3. The number of rotatable bonds is 5. The molecule has 4 aromatic rings. The SMILES string of the molecule is CN(C(=O)c1ccc(C(F)(F)F)cc1F)c1ccc(Oc2ccc3cc(C(=O)N4CCN(C(=O)OC(C)(C)C)CC4)n(C)c3c2)nc1. The standard InChI is InChI=1S/C33H33F4N5O5/c1-32(2,3)47-31(45)42-14-12-41(13-15-42)30(44)27-16-20-6-9-23(18-26(20)40(27)5)46-28-11-8-22(19-38-28)39(4)29(43)24-10-7-21(17-25(24)34)33(35,36)37/h6-11,16-19H,12-15H2,1-5H3. The van der Waals surface area contributed by atoms with E-state index in [0.29, 0.717) is 43.7 Å². The fraction of sp³-hybridized carbons (Fsp3) is 0.333. The number of piperazine rings is 1. The number of benzene rings is 2. The summed E-state index contributed by atoms with van der Waals surface area (Å²) in [7, 11) is 3.12. The van der Waals surface area contributed by atoms with Gasteiger partial charge in [0.2, 0.25) is 5.88 Å². The molecular weight excluding hydrogens is 622 g/mol. The molecular formula is C33H33F4N5O5. The second-order valence-electron chi connectivity index (χ2n) is 12.1. The number of anilines is 1.